The molecule has 4 aromatic heterocycles. The number of halogens is 1. The zero-order valence-electron chi connectivity index (χ0n) is 30.6. The third-order valence-electron chi connectivity index (χ3n) is 9.28. The van der Waals surface area contributed by atoms with E-state index in [1.807, 2.05) is 39.4 Å². The van der Waals surface area contributed by atoms with Gasteiger partial charge in [0.05, 0.1) is 41.5 Å². The SMILES string of the molecule is COc1cc(C(=O)NC2CC2)ccc1-c1cnc2c(NCCCN)nccn12.NCCCNc1nccn2c(-c3ccc(C(=O)NC4CC4)c(Cl)c3)cnc12. The topological polar surface area (TPSA) is 204 Å². The third kappa shape index (κ3) is 8.80. The number of imidazole rings is 2. The van der Waals surface area contributed by atoms with Crippen molar-refractivity contribution in [2.75, 3.05) is 43.9 Å². The van der Waals surface area contributed by atoms with Crippen LogP contribution in [0.4, 0.5) is 11.6 Å². The molecule has 55 heavy (non-hydrogen) atoms. The maximum absolute atomic E-state index is 12.3. The quantitative estimate of drug-likeness (QED) is 0.0787. The van der Waals surface area contributed by atoms with Gasteiger partial charge in [-0.3, -0.25) is 18.4 Å². The van der Waals surface area contributed by atoms with Gasteiger partial charge < -0.3 is 37.5 Å². The summed E-state index contributed by atoms with van der Waals surface area (Å²) < 4.78 is 9.48. The Hall–Kier alpha value is -5.77. The number of aromatic nitrogens is 6. The second-order valence-corrected chi connectivity index (χ2v) is 13.9. The summed E-state index contributed by atoms with van der Waals surface area (Å²) >= 11 is 6.38. The molecular weight excluding hydrogens is 720 g/mol. The Morgan fingerprint density at radius 3 is 1.93 bits per heavy atom. The number of nitrogens with two attached hydrogens (primary N) is 2. The third-order valence-corrected chi connectivity index (χ3v) is 9.59. The van der Waals surface area contributed by atoms with Crippen LogP contribution >= 0.6 is 11.6 Å². The molecule has 0 unspecified atom stereocenters. The second-order valence-electron chi connectivity index (χ2n) is 13.5. The first-order chi connectivity index (χ1) is 26.9. The molecule has 0 saturated heterocycles. The number of rotatable bonds is 15. The molecule has 2 saturated carbocycles. The molecule has 6 aromatic rings. The van der Waals surface area contributed by atoms with Gasteiger partial charge in [0.15, 0.2) is 22.9 Å². The Balaban J connectivity index is 0.000000169. The van der Waals surface area contributed by atoms with Crippen molar-refractivity contribution in [2.24, 2.45) is 11.5 Å². The molecule has 0 spiro atoms. The standard InChI is InChI=1S/C20H24N6O2.C19H21ClN6O/c1-28-17-11-13(20(27)25-14-4-5-14)3-6-15(17)16-12-24-19-18(22-8-2-7-21)23-9-10-26(16)19;20-15-10-12(2-5-14(15)19(27)25-13-3-4-13)16-11-24-18-17(22-7-1-6-21)23-8-9-26(16)18/h3,6,9-12,14H,2,4-5,7-8,21H2,1H3,(H,22,23)(H,25,27);2,5,8-11,13H,1,3-4,6-7,21H2,(H,22,23)(H,25,27). The monoisotopic (exact) mass is 764 g/mol. The van der Waals surface area contributed by atoms with E-state index < -0.39 is 0 Å². The minimum atomic E-state index is -0.122. The van der Waals surface area contributed by atoms with E-state index in [2.05, 4.69) is 41.2 Å². The number of ether oxygens (including phenoxy) is 1. The summed E-state index contributed by atoms with van der Waals surface area (Å²) in [6, 6.07) is 11.5. The fourth-order valence-corrected chi connectivity index (χ4v) is 6.27. The van der Waals surface area contributed by atoms with Crippen molar-refractivity contribution in [3.8, 4) is 28.3 Å². The first-order valence-electron chi connectivity index (χ1n) is 18.5. The molecule has 2 fully saturated rings. The van der Waals surface area contributed by atoms with Crippen LogP contribution in [-0.4, -0.2) is 85.9 Å². The highest BCUT2D eigenvalue weighted by Crippen LogP contribution is 2.33. The molecule has 4 heterocycles. The zero-order valence-corrected chi connectivity index (χ0v) is 31.4. The number of nitrogens with one attached hydrogen (secondary N) is 4. The van der Waals surface area contributed by atoms with Crippen LogP contribution in [0.5, 0.6) is 5.75 Å². The number of anilines is 2. The van der Waals surface area contributed by atoms with Gasteiger partial charge in [-0.15, -0.1) is 0 Å². The van der Waals surface area contributed by atoms with Gasteiger partial charge in [-0.2, -0.15) is 0 Å². The molecule has 0 radical (unpaired) electrons. The minimum Gasteiger partial charge on any atom is -0.496 e. The largest absolute Gasteiger partial charge is 0.496 e. The van der Waals surface area contributed by atoms with Crippen LogP contribution in [0.15, 0.2) is 73.6 Å². The Morgan fingerprint density at radius 1 is 0.782 bits per heavy atom. The lowest BCUT2D eigenvalue weighted by molar-refractivity contribution is 0.0942. The van der Waals surface area contributed by atoms with Crippen molar-refractivity contribution in [1.29, 1.82) is 0 Å². The van der Waals surface area contributed by atoms with Crippen LogP contribution < -0.4 is 37.5 Å². The average Bonchev–Trinajstić information content (AvgIpc) is 4.11. The zero-order chi connectivity index (χ0) is 38.3. The number of benzene rings is 2. The van der Waals surface area contributed by atoms with E-state index in [0.717, 1.165) is 85.4 Å². The van der Waals surface area contributed by atoms with Gasteiger partial charge in [0.25, 0.3) is 11.8 Å². The molecule has 2 aliphatic carbocycles. The second kappa shape index (κ2) is 17.1. The predicted octanol–water partition coefficient (Wildman–Crippen LogP) is 4.76. The first-order valence-corrected chi connectivity index (χ1v) is 18.9. The summed E-state index contributed by atoms with van der Waals surface area (Å²) in [7, 11) is 1.60. The van der Waals surface area contributed by atoms with Crippen LogP contribution in [0.2, 0.25) is 5.02 Å². The fourth-order valence-electron chi connectivity index (χ4n) is 6.01. The lowest BCUT2D eigenvalue weighted by atomic mass is 10.1. The highest BCUT2D eigenvalue weighted by molar-refractivity contribution is 6.34. The number of carbonyl (C=O) groups excluding carboxylic acids is 2. The van der Waals surface area contributed by atoms with E-state index in [9.17, 15) is 9.59 Å². The average molecular weight is 765 g/mol. The van der Waals surface area contributed by atoms with Crippen LogP contribution in [0.3, 0.4) is 0 Å². The van der Waals surface area contributed by atoms with E-state index in [4.69, 9.17) is 27.8 Å². The van der Waals surface area contributed by atoms with E-state index in [0.29, 0.717) is 58.7 Å². The van der Waals surface area contributed by atoms with Gasteiger partial charge in [0.1, 0.15) is 5.75 Å². The minimum absolute atomic E-state index is 0.0684. The number of carbonyl (C=O) groups is 2. The number of methoxy groups -OCH3 is 1. The molecule has 8 N–H and O–H groups in total. The highest BCUT2D eigenvalue weighted by Gasteiger charge is 2.26. The Kier molecular flexibility index (Phi) is 11.7. The summed E-state index contributed by atoms with van der Waals surface area (Å²) in [5.74, 6) is 1.86. The van der Waals surface area contributed by atoms with Crippen molar-refractivity contribution in [1.82, 2.24) is 39.4 Å². The molecule has 16 heteroatoms. The normalized spacial score (nSPS) is 13.6. The molecule has 0 atom stereocenters. The van der Waals surface area contributed by atoms with Gasteiger partial charge >= 0.3 is 0 Å². The lowest BCUT2D eigenvalue weighted by Crippen LogP contribution is -2.25. The number of hydrogen-bond donors (Lipinski definition) is 6. The maximum Gasteiger partial charge on any atom is 0.253 e. The number of hydrogen-bond acceptors (Lipinski definition) is 11. The van der Waals surface area contributed by atoms with Crippen LogP contribution in [0.25, 0.3) is 33.8 Å². The summed E-state index contributed by atoms with van der Waals surface area (Å²) in [6.07, 6.45) is 16.6. The molecular formula is C39H45ClN12O3. The van der Waals surface area contributed by atoms with E-state index in [1.54, 1.807) is 50.1 Å². The first kappa shape index (κ1) is 37.5. The number of amides is 2. The molecule has 2 aromatic carbocycles. The molecule has 2 amide bonds. The summed E-state index contributed by atoms with van der Waals surface area (Å²) in [4.78, 5) is 42.3. The van der Waals surface area contributed by atoms with Crippen molar-refractivity contribution >= 4 is 46.3 Å². The Labute approximate surface area is 323 Å². The smallest absolute Gasteiger partial charge is 0.253 e. The molecule has 286 valence electrons. The fraction of sp³-hybridized carbons (Fsp3) is 0.333. The Morgan fingerprint density at radius 2 is 1.36 bits per heavy atom. The lowest BCUT2D eigenvalue weighted by Gasteiger charge is -2.11. The van der Waals surface area contributed by atoms with E-state index in [-0.39, 0.29) is 11.8 Å². The Bertz CT molecular complexity index is 2300. The van der Waals surface area contributed by atoms with Gasteiger partial charge in [-0.1, -0.05) is 17.7 Å². The van der Waals surface area contributed by atoms with Crippen LogP contribution in [0.1, 0.15) is 59.2 Å². The van der Waals surface area contributed by atoms with Crippen molar-refractivity contribution in [2.45, 2.75) is 50.6 Å². The summed E-state index contributed by atoms with van der Waals surface area (Å²) in [5, 5.41) is 12.9. The van der Waals surface area contributed by atoms with Gasteiger partial charge in [-0.05, 0) is 81.9 Å². The highest BCUT2D eigenvalue weighted by atomic mass is 35.5. The molecule has 2 aliphatic rings. The molecule has 0 bridgehead atoms. The van der Waals surface area contributed by atoms with Gasteiger partial charge in [0.2, 0.25) is 0 Å². The van der Waals surface area contributed by atoms with Crippen molar-refractivity contribution < 1.29 is 14.3 Å². The number of fused-ring (bicyclic) bond motifs is 2. The molecule has 15 nitrogen and oxygen atoms in total. The molecule has 0 aliphatic heterocycles. The van der Waals surface area contributed by atoms with Crippen molar-refractivity contribution in [3.05, 3.63) is 89.7 Å². The van der Waals surface area contributed by atoms with Crippen LogP contribution in [-0.2, 0) is 0 Å². The van der Waals surface area contributed by atoms with Gasteiger partial charge in [0, 0.05) is 66.7 Å². The van der Waals surface area contributed by atoms with Crippen LogP contribution in [0, 0.1) is 0 Å². The van der Waals surface area contributed by atoms with Crippen molar-refractivity contribution in [3.63, 3.8) is 0 Å². The predicted molar refractivity (Wildman–Crippen MR) is 214 cm³/mol. The summed E-state index contributed by atoms with van der Waals surface area (Å²) in [6.45, 7) is 2.71. The van der Waals surface area contributed by atoms with Gasteiger partial charge in [-0.25, -0.2) is 19.9 Å². The summed E-state index contributed by atoms with van der Waals surface area (Å²) in [5.41, 5.74) is 17.1. The number of nitrogens with zero attached hydrogens (tertiary/aromatic N) is 6. The molecule has 8 rings (SSSR count). The van der Waals surface area contributed by atoms with E-state index >= 15 is 0 Å². The maximum atomic E-state index is 12.3. The van der Waals surface area contributed by atoms with E-state index in [1.165, 1.54) is 0 Å².